The maximum Gasteiger partial charge on any atom is 0.152 e. The van der Waals surface area contributed by atoms with Crippen molar-refractivity contribution in [1.82, 2.24) is 5.32 Å². The average Bonchev–Trinajstić information content (AvgIpc) is 2.79. The Morgan fingerprint density at radius 2 is 2.06 bits per heavy atom. The van der Waals surface area contributed by atoms with Crippen LogP contribution in [-0.2, 0) is 14.6 Å². The Hall–Kier alpha value is -0.130. The molecule has 0 radical (unpaired) electrons. The first-order valence-corrected chi connectivity index (χ1v) is 8.84. The molecule has 1 N–H and O–H groups in total. The molecule has 108 valence electrons. The minimum absolute atomic E-state index is 0.156. The van der Waals surface area contributed by atoms with Crippen LogP contribution in [0.4, 0.5) is 0 Å². The van der Waals surface area contributed by atoms with Crippen molar-refractivity contribution in [3.05, 3.63) is 0 Å². The monoisotopic (exact) mass is 277 g/mol. The highest BCUT2D eigenvalue weighted by atomic mass is 32.2. The zero-order valence-electron chi connectivity index (χ0n) is 11.7. The standard InChI is InChI=1S/C13H27NO3S/c1-3-8-14-13-6-4-5-12(13)7-10-18(15,16)11-9-17-2/h12-14H,3-11H2,1-2H3. The fraction of sp³-hybridized carbons (Fsp3) is 1.00. The third-order valence-corrected chi connectivity index (χ3v) is 5.36. The molecule has 0 aromatic heterocycles. The molecule has 0 spiro atoms. The van der Waals surface area contributed by atoms with Gasteiger partial charge in [0.2, 0.25) is 0 Å². The molecule has 1 aliphatic rings. The van der Waals surface area contributed by atoms with Crippen molar-refractivity contribution in [1.29, 1.82) is 0 Å². The van der Waals surface area contributed by atoms with Crippen molar-refractivity contribution in [3.63, 3.8) is 0 Å². The van der Waals surface area contributed by atoms with Gasteiger partial charge in [0.25, 0.3) is 0 Å². The number of sulfone groups is 1. The van der Waals surface area contributed by atoms with E-state index < -0.39 is 9.84 Å². The Balaban J connectivity index is 2.32. The van der Waals surface area contributed by atoms with E-state index in [1.165, 1.54) is 26.4 Å². The predicted molar refractivity (Wildman–Crippen MR) is 74.6 cm³/mol. The molecule has 2 unspecified atom stereocenters. The molecule has 5 heteroatoms. The summed E-state index contributed by atoms with van der Waals surface area (Å²) in [5.74, 6) is 1.00. The maximum atomic E-state index is 11.8. The molecule has 2 atom stereocenters. The minimum Gasteiger partial charge on any atom is -0.384 e. The van der Waals surface area contributed by atoms with Crippen molar-refractivity contribution < 1.29 is 13.2 Å². The lowest BCUT2D eigenvalue weighted by Gasteiger charge is -2.20. The summed E-state index contributed by atoms with van der Waals surface area (Å²) in [6.45, 7) is 3.51. The van der Waals surface area contributed by atoms with Crippen LogP contribution >= 0.6 is 0 Å². The highest BCUT2D eigenvalue weighted by Gasteiger charge is 2.27. The Kier molecular flexibility index (Phi) is 7.19. The molecule has 4 nitrogen and oxygen atoms in total. The summed E-state index contributed by atoms with van der Waals surface area (Å²) >= 11 is 0. The normalized spacial score (nSPS) is 24.6. The highest BCUT2D eigenvalue weighted by molar-refractivity contribution is 7.91. The van der Waals surface area contributed by atoms with E-state index in [0.29, 0.717) is 24.3 Å². The summed E-state index contributed by atoms with van der Waals surface area (Å²) in [5, 5.41) is 3.54. The second kappa shape index (κ2) is 8.12. The minimum atomic E-state index is -2.93. The number of rotatable bonds is 9. The van der Waals surface area contributed by atoms with Gasteiger partial charge in [-0.3, -0.25) is 0 Å². The molecule has 1 rings (SSSR count). The summed E-state index contributed by atoms with van der Waals surface area (Å²) in [6, 6.07) is 0.530. The fourth-order valence-electron chi connectivity index (χ4n) is 2.62. The summed E-state index contributed by atoms with van der Waals surface area (Å²) < 4.78 is 28.4. The molecule has 0 bridgehead atoms. The van der Waals surface area contributed by atoms with E-state index in [-0.39, 0.29) is 5.75 Å². The molecule has 0 amide bonds. The van der Waals surface area contributed by atoms with Crippen molar-refractivity contribution in [2.45, 2.75) is 45.1 Å². The first-order valence-electron chi connectivity index (χ1n) is 7.02. The molecule has 0 saturated heterocycles. The van der Waals surface area contributed by atoms with Crippen molar-refractivity contribution in [2.75, 3.05) is 31.8 Å². The highest BCUT2D eigenvalue weighted by Crippen LogP contribution is 2.28. The number of hydrogen-bond donors (Lipinski definition) is 1. The fourth-order valence-corrected chi connectivity index (χ4v) is 3.91. The van der Waals surface area contributed by atoms with E-state index >= 15 is 0 Å². The van der Waals surface area contributed by atoms with E-state index in [1.54, 1.807) is 0 Å². The molecule has 1 aliphatic carbocycles. The van der Waals surface area contributed by atoms with Crippen molar-refractivity contribution >= 4 is 9.84 Å². The van der Waals surface area contributed by atoms with E-state index in [2.05, 4.69) is 12.2 Å². The van der Waals surface area contributed by atoms with E-state index in [9.17, 15) is 8.42 Å². The molecular formula is C13H27NO3S. The van der Waals surface area contributed by atoms with Crippen LogP contribution in [0.3, 0.4) is 0 Å². The van der Waals surface area contributed by atoms with Gasteiger partial charge in [0.1, 0.15) is 0 Å². The maximum absolute atomic E-state index is 11.8. The number of ether oxygens (including phenoxy) is 1. The number of nitrogens with one attached hydrogen (secondary N) is 1. The summed E-state index contributed by atoms with van der Waals surface area (Å²) in [6.07, 6.45) is 5.52. The van der Waals surface area contributed by atoms with Crippen LogP contribution < -0.4 is 5.32 Å². The molecule has 0 heterocycles. The smallest absolute Gasteiger partial charge is 0.152 e. The third kappa shape index (κ3) is 5.67. The molecule has 18 heavy (non-hydrogen) atoms. The molecule has 0 aromatic carbocycles. The van der Waals surface area contributed by atoms with Gasteiger partial charge in [-0.15, -0.1) is 0 Å². The molecule has 0 aliphatic heterocycles. The topological polar surface area (TPSA) is 55.4 Å². The Morgan fingerprint density at radius 3 is 2.72 bits per heavy atom. The second-order valence-corrected chi connectivity index (χ2v) is 7.49. The lowest BCUT2D eigenvalue weighted by atomic mass is 10.0. The molecule has 1 fully saturated rings. The van der Waals surface area contributed by atoms with Crippen LogP contribution in [0.1, 0.15) is 39.0 Å². The van der Waals surface area contributed by atoms with Crippen molar-refractivity contribution in [3.8, 4) is 0 Å². The third-order valence-electron chi connectivity index (χ3n) is 3.71. The quantitative estimate of drug-likeness (QED) is 0.695. The average molecular weight is 277 g/mol. The van der Waals surface area contributed by atoms with Gasteiger partial charge in [0.05, 0.1) is 18.1 Å². The lowest BCUT2D eigenvalue weighted by Crippen LogP contribution is -2.34. The van der Waals surface area contributed by atoms with Crippen LogP contribution in [0, 0.1) is 5.92 Å². The van der Waals surface area contributed by atoms with E-state index in [1.807, 2.05) is 0 Å². The zero-order chi connectivity index (χ0) is 13.4. The lowest BCUT2D eigenvalue weighted by molar-refractivity contribution is 0.217. The van der Waals surface area contributed by atoms with Gasteiger partial charge in [0, 0.05) is 13.2 Å². The van der Waals surface area contributed by atoms with Gasteiger partial charge in [0.15, 0.2) is 9.84 Å². The Morgan fingerprint density at radius 1 is 1.28 bits per heavy atom. The SMILES string of the molecule is CCCNC1CCCC1CCS(=O)(=O)CCOC. The van der Waals surface area contributed by atoms with Crippen LogP contribution in [0.25, 0.3) is 0 Å². The molecule has 1 saturated carbocycles. The van der Waals surface area contributed by atoms with Crippen LogP contribution in [0.2, 0.25) is 0 Å². The molecular weight excluding hydrogens is 250 g/mol. The van der Waals surface area contributed by atoms with Crippen LogP contribution in [0.5, 0.6) is 0 Å². The van der Waals surface area contributed by atoms with E-state index in [0.717, 1.165) is 19.4 Å². The first kappa shape index (κ1) is 15.9. The Labute approximate surface area is 111 Å². The van der Waals surface area contributed by atoms with E-state index in [4.69, 9.17) is 4.74 Å². The van der Waals surface area contributed by atoms with Gasteiger partial charge >= 0.3 is 0 Å². The second-order valence-electron chi connectivity index (χ2n) is 5.18. The predicted octanol–water partition coefficient (Wildman–Crippen LogP) is 1.61. The van der Waals surface area contributed by atoms with Crippen LogP contribution in [0.15, 0.2) is 0 Å². The van der Waals surface area contributed by atoms with Gasteiger partial charge in [-0.1, -0.05) is 13.3 Å². The van der Waals surface area contributed by atoms with Gasteiger partial charge < -0.3 is 10.1 Å². The van der Waals surface area contributed by atoms with Crippen LogP contribution in [-0.4, -0.2) is 46.2 Å². The summed E-state index contributed by atoms with van der Waals surface area (Å²) in [7, 11) is -1.39. The Bertz CT molecular complexity index is 316. The first-order chi connectivity index (χ1) is 8.59. The number of methoxy groups -OCH3 is 1. The summed E-state index contributed by atoms with van der Waals surface area (Å²) in [5.41, 5.74) is 0. The van der Waals surface area contributed by atoms with Gasteiger partial charge in [-0.2, -0.15) is 0 Å². The van der Waals surface area contributed by atoms with Crippen molar-refractivity contribution in [2.24, 2.45) is 5.92 Å². The zero-order valence-corrected chi connectivity index (χ0v) is 12.5. The molecule has 0 aromatic rings. The number of hydrogen-bond acceptors (Lipinski definition) is 4. The summed E-state index contributed by atoms with van der Waals surface area (Å²) in [4.78, 5) is 0. The largest absolute Gasteiger partial charge is 0.384 e. The van der Waals surface area contributed by atoms with Gasteiger partial charge in [-0.25, -0.2) is 8.42 Å². The van der Waals surface area contributed by atoms with Gasteiger partial charge in [-0.05, 0) is 38.1 Å².